The molecule has 14 heavy (non-hydrogen) atoms. The number of H-pyrrole nitrogens is 1. The first-order chi connectivity index (χ1) is 6.66. The van der Waals surface area contributed by atoms with Crippen LogP contribution in [-0.4, -0.2) is 15.0 Å². The van der Waals surface area contributed by atoms with Gasteiger partial charge in [0.1, 0.15) is 5.69 Å². The van der Waals surface area contributed by atoms with Crippen LogP contribution in [0.5, 0.6) is 0 Å². The number of imidazole rings is 1. The lowest BCUT2D eigenvalue weighted by Gasteiger charge is -1.96. The normalized spacial score (nSPS) is 10.5. The molecule has 2 heterocycles. The molecule has 0 aliphatic carbocycles. The van der Waals surface area contributed by atoms with E-state index in [0.29, 0.717) is 0 Å². The molecule has 0 bridgehead atoms. The number of hydrogen-bond donors (Lipinski definition) is 1. The van der Waals surface area contributed by atoms with Gasteiger partial charge < -0.3 is 4.98 Å². The Balaban J connectivity index is 2.49. The number of aryl methyl sites for hydroxylation is 3. The first-order valence-electron chi connectivity index (χ1n) is 4.63. The summed E-state index contributed by atoms with van der Waals surface area (Å²) in [5.74, 6) is 0.851. The van der Waals surface area contributed by atoms with Crippen LogP contribution in [-0.2, 0) is 0 Å². The molecule has 0 saturated carbocycles. The fourth-order valence-electron chi connectivity index (χ4n) is 1.33. The fraction of sp³-hybridized carbons (Fsp3) is 0.273. The molecular formula is C11H13N3. The third-order valence-electron chi connectivity index (χ3n) is 2.29. The van der Waals surface area contributed by atoms with Gasteiger partial charge in [-0.25, -0.2) is 4.98 Å². The maximum atomic E-state index is 4.40. The van der Waals surface area contributed by atoms with Gasteiger partial charge in [0.25, 0.3) is 0 Å². The number of aromatic nitrogens is 3. The molecule has 3 heteroatoms. The summed E-state index contributed by atoms with van der Waals surface area (Å²) in [4.78, 5) is 11.9. The smallest absolute Gasteiger partial charge is 0.156 e. The minimum atomic E-state index is 0.851. The fourth-order valence-corrected chi connectivity index (χ4v) is 1.33. The van der Waals surface area contributed by atoms with Gasteiger partial charge in [-0.2, -0.15) is 0 Å². The summed E-state index contributed by atoms with van der Waals surface area (Å²) in [6.45, 7) is 6.06. The minimum absolute atomic E-state index is 0.851. The van der Waals surface area contributed by atoms with Crippen LogP contribution in [0.15, 0.2) is 18.3 Å². The Labute approximate surface area is 83.2 Å². The van der Waals surface area contributed by atoms with E-state index in [4.69, 9.17) is 0 Å². The second-order valence-corrected chi connectivity index (χ2v) is 3.51. The Morgan fingerprint density at radius 2 is 2.00 bits per heavy atom. The van der Waals surface area contributed by atoms with Crippen molar-refractivity contribution in [3.63, 3.8) is 0 Å². The Morgan fingerprint density at radius 1 is 1.21 bits per heavy atom. The predicted molar refractivity (Wildman–Crippen MR) is 56.0 cm³/mol. The number of nitrogens with one attached hydrogen (secondary N) is 1. The van der Waals surface area contributed by atoms with E-state index in [-0.39, 0.29) is 0 Å². The standard InChI is InChI=1S/C11H13N3/c1-7-4-5-12-10(6-7)11-13-8(2)9(3)14-11/h4-6H,1-3H3,(H,13,14). The zero-order chi connectivity index (χ0) is 10.1. The van der Waals surface area contributed by atoms with Crippen LogP contribution in [0.3, 0.4) is 0 Å². The topological polar surface area (TPSA) is 41.6 Å². The molecule has 2 rings (SSSR count). The van der Waals surface area contributed by atoms with Gasteiger partial charge in [0, 0.05) is 11.9 Å². The van der Waals surface area contributed by atoms with E-state index in [0.717, 1.165) is 22.9 Å². The van der Waals surface area contributed by atoms with Crippen LogP contribution in [0.25, 0.3) is 11.5 Å². The van der Waals surface area contributed by atoms with Gasteiger partial charge in [0.2, 0.25) is 0 Å². The average Bonchev–Trinajstić information content (AvgIpc) is 2.47. The van der Waals surface area contributed by atoms with Crippen LogP contribution >= 0.6 is 0 Å². The lowest BCUT2D eigenvalue weighted by atomic mass is 10.2. The van der Waals surface area contributed by atoms with Crippen molar-refractivity contribution in [1.82, 2.24) is 15.0 Å². The molecule has 0 atom stereocenters. The van der Waals surface area contributed by atoms with Crippen LogP contribution in [0.2, 0.25) is 0 Å². The van der Waals surface area contributed by atoms with E-state index >= 15 is 0 Å². The van der Waals surface area contributed by atoms with Crippen molar-refractivity contribution in [2.24, 2.45) is 0 Å². The summed E-state index contributed by atoms with van der Waals surface area (Å²) >= 11 is 0. The average molecular weight is 187 g/mol. The van der Waals surface area contributed by atoms with Gasteiger partial charge in [0.05, 0.1) is 5.69 Å². The molecule has 0 saturated heterocycles. The minimum Gasteiger partial charge on any atom is -0.341 e. The van der Waals surface area contributed by atoms with E-state index in [1.165, 1.54) is 5.56 Å². The monoisotopic (exact) mass is 187 g/mol. The first-order valence-corrected chi connectivity index (χ1v) is 4.63. The number of hydrogen-bond acceptors (Lipinski definition) is 2. The SMILES string of the molecule is Cc1ccnc(-c2nc(C)c(C)[nH]2)c1. The molecule has 2 aromatic heterocycles. The molecule has 1 N–H and O–H groups in total. The number of rotatable bonds is 1. The van der Waals surface area contributed by atoms with Gasteiger partial charge in [-0.05, 0) is 38.5 Å². The summed E-state index contributed by atoms with van der Waals surface area (Å²) in [7, 11) is 0. The third-order valence-corrected chi connectivity index (χ3v) is 2.29. The maximum Gasteiger partial charge on any atom is 0.156 e. The molecule has 2 aromatic rings. The van der Waals surface area contributed by atoms with Gasteiger partial charge in [-0.15, -0.1) is 0 Å². The van der Waals surface area contributed by atoms with E-state index in [9.17, 15) is 0 Å². The summed E-state index contributed by atoms with van der Waals surface area (Å²) in [5.41, 5.74) is 4.23. The van der Waals surface area contributed by atoms with E-state index in [1.54, 1.807) is 6.20 Å². The summed E-state index contributed by atoms with van der Waals surface area (Å²) in [5, 5.41) is 0. The summed E-state index contributed by atoms with van der Waals surface area (Å²) in [6.07, 6.45) is 1.80. The molecule has 0 aliphatic rings. The molecule has 0 amide bonds. The molecule has 0 aliphatic heterocycles. The van der Waals surface area contributed by atoms with Gasteiger partial charge in [0.15, 0.2) is 5.82 Å². The Hall–Kier alpha value is -1.64. The molecule has 0 unspecified atom stereocenters. The third kappa shape index (κ3) is 1.53. The van der Waals surface area contributed by atoms with Gasteiger partial charge >= 0.3 is 0 Å². The largest absolute Gasteiger partial charge is 0.341 e. The summed E-state index contributed by atoms with van der Waals surface area (Å²) < 4.78 is 0. The van der Waals surface area contributed by atoms with Crippen molar-refractivity contribution in [3.8, 4) is 11.5 Å². The first kappa shape index (κ1) is 8.94. The second-order valence-electron chi connectivity index (χ2n) is 3.51. The van der Waals surface area contributed by atoms with Crippen molar-refractivity contribution in [2.45, 2.75) is 20.8 Å². The van der Waals surface area contributed by atoms with Crippen LogP contribution < -0.4 is 0 Å². The second kappa shape index (κ2) is 3.25. The number of pyridine rings is 1. The van der Waals surface area contributed by atoms with Crippen LogP contribution in [0.4, 0.5) is 0 Å². The lowest BCUT2D eigenvalue weighted by molar-refractivity contribution is 1.19. The highest BCUT2D eigenvalue weighted by Gasteiger charge is 2.05. The van der Waals surface area contributed by atoms with Crippen molar-refractivity contribution in [1.29, 1.82) is 0 Å². The van der Waals surface area contributed by atoms with Gasteiger partial charge in [-0.3, -0.25) is 4.98 Å². The molecule has 72 valence electrons. The molecule has 0 fully saturated rings. The Morgan fingerprint density at radius 3 is 2.57 bits per heavy atom. The maximum absolute atomic E-state index is 4.40. The van der Waals surface area contributed by atoms with E-state index < -0.39 is 0 Å². The lowest BCUT2D eigenvalue weighted by Crippen LogP contribution is -1.86. The highest BCUT2D eigenvalue weighted by Crippen LogP contribution is 2.15. The molecule has 0 radical (unpaired) electrons. The quantitative estimate of drug-likeness (QED) is 0.744. The van der Waals surface area contributed by atoms with E-state index in [1.807, 2.05) is 32.9 Å². The van der Waals surface area contributed by atoms with Crippen LogP contribution in [0.1, 0.15) is 17.0 Å². The Bertz CT molecular complexity index is 438. The van der Waals surface area contributed by atoms with Crippen molar-refractivity contribution in [2.75, 3.05) is 0 Å². The Kier molecular flexibility index (Phi) is 2.08. The van der Waals surface area contributed by atoms with Crippen LogP contribution in [0, 0.1) is 20.8 Å². The van der Waals surface area contributed by atoms with E-state index in [2.05, 4.69) is 15.0 Å². The molecular weight excluding hydrogens is 174 g/mol. The van der Waals surface area contributed by atoms with Crippen molar-refractivity contribution in [3.05, 3.63) is 35.3 Å². The van der Waals surface area contributed by atoms with Crippen molar-refractivity contribution >= 4 is 0 Å². The zero-order valence-corrected chi connectivity index (χ0v) is 8.63. The van der Waals surface area contributed by atoms with Gasteiger partial charge in [-0.1, -0.05) is 0 Å². The highest BCUT2D eigenvalue weighted by atomic mass is 15.0. The molecule has 0 spiro atoms. The molecule has 0 aromatic carbocycles. The molecule has 3 nitrogen and oxygen atoms in total. The number of nitrogens with zero attached hydrogens (tertiary/aromatic N) is 2. The highest BCUT2D eigenvalue weighted by molar-refractivity contribution is 5.51. The van der Waals surface area contributed by atoms with Crippen molar-refractivity contribution < 1.29 is 0 Å². The number of aromatic amines is 1. The zero-order valence-electron chi connectivity index (χ0n) is 8.63. The predicted octanol–water partition coefficient (Wildman–Crippen LogP) is 2.40. The summed E-state index contributed by atoms with van der Waals surface area (Å²) in [6, 6.07) is 4.00.